The highest BCUT2D eigenvalue weighted by molar-refractivity contribution is 7.09. The summed E-state index contributed by atoms with van der Waals surface area (Å²) in [6.07, 6.45) is 1.64. The number of thiophene rings is 1. The lowest BCUT2D eigenvalue weighted by Crippen LogP contribution is -2.34. The molecule has 0 aliphatic rings. The van der Waals surface area contributed by atoms with E-state index < -0.39 is 6.04 Å². The fourth-order valence-corrected chi connectivity index (χ4v) is 5.50. The van der Waals surface area contributed by atoms with Crippen LogP contribution in [-0.2, 0) is 19.6 Å². The van der Waals surface area contributed by atoms with Gasteiger partial charge < -0.3 is 9.40 Å². The summed E-state index contributed by atoms with van der Waals surface area (Å²) in [5.74, 6) is 0.939. The first-order valence-electron chi connectivity index (χ1n) is 12.5. The molecule has 6 rings (SSSR count). The zero-order valence-corrected chi connectivity index (χ0v) is 21.9. The second kappa shape index (κ2) is 10.8. The Morgan fingerprint density at radius 3 is 2.72 bits per heavy atom. The molecule has 1 atom stereocenters. The van der Waals surface area contributed by atoms with Crippen LogP contribution in [0.15, 0.2) is 93.7 Å². The number of aromatic amines is 1. The Hall–Kier alpha value is -4.41. The highest BCUT2D eigenvalue weighted by Gasteiger charge is 2.31. The molecule has 0 aliphatic carbocycles. The molecule has 6 aromatic rings. The van der Waals surface area contributed by atoms with Crippen molar-refractivity contribution < 1.29 is 8.81 Å². The van der Waals surface area contributed by atoms with Gasteiger partial charge in [-0.3, -0.25) is 9.69 Å². The molecule has 196 valence electrons. The van der Waals surface area contributed by atoms with E-state index in [1.165, 1.54) is 12.1 Å². The summed E-state index contributed by atoms with van der Waals surface area (Å²) >= 11 is 1.64. The smallest absolute Gasteiger partial charge is 0.253 e. The third-order valence-electron chi connectivity index (χ3n) is 6.62. The number of aryl methyl sites for hydroxylation is 1. The van der Waals surface area contributed by atoms with E-state index in [9.17, 15) is 9.18 Å². The van der Waals surface area contributed by atoms with E-state index in [2.05, 4.69) is 31.5 Å². The number of hydrogen-bond donors (Lipinski definition) is 1. The van der Waals surface area contributed by atoms with Gasteiger partial charge in [0.25, 0.3) is 5.56 Å². The molecule has 0 amide bonds. The number of aromatic nitrogens is 5. The lowest BCUT2D eigenvalue weighted by molar-refractivity contribution is 0.181. The first-order chi connectivity index (χ1) is 19.0. The summed E-state index contributed by atoms with van der Waals surface area (Å²) < 4.78 is 21.0. The minimum atomic E-state index is -0.610. The van der Waals surface area contributed by atoms with Crippen LogP contribution in [-0.4, -0.2) is 30.1 Å². The summed E-state index contributed by atoms with van der Waals surface area (Å²) in [5, 5.41) is 15.6. The molecule has 39 heavy (non-hydrogen) atoms. The van der Waals surface area contributed by atoms with Crippen LogP contribution < -0.4 is 5.56 Å². The van der Waals surface area contributed by atoms with Crippen molar-refractivity contribution in [1.29, 1.82) is 0 Å². The van der Waals surface area contributed by atoms with Crippen molar-refractivity contribution >= 4 is 22.2 Å². The fourth-order valence-electron chi connectivity index (χ4n) is 4.77. The molecule has 8 nitrogen and oxygen atoms in total. The number of benzene rings is 2. The molecule has 1 N–H and O–H groups in total. The number of hydrogen-bond acceptors (Lipinski definition) is 7. The molecule has 0 saturated heterocycles. The molecule has 1 unspecified atom stereocenters. The topological polar surface area (TPSA) is 92.8 Å². The van der Waals surface area contributed by atoms with E-state index in [4.69, 9.17) is 4.42 Å². The average molecular weight is 541 g/mol. The van der Waals surface area contributed by atoms with Crippen LogP contribution in [0.4, 0.5) is 4.39 Å². The monoisotopic (exact) mass is 540 g/mol. The van der Waals surface area contributed by atoms with Crippen molar-refractivity contribution in [3.8, 4) is 0 Å². The molecule has 0 radical (unpaired) electrons. The SMILES string of the molecule is Cc1ccc2[nH]c(=O)c(C(c3nnnn3Cc3ccc(F)cc3)N(Cc3ccco3)Cc3cccs3)cc2c1. The van der Waals surface area contributed by atoms with Gasteiger partial charge in [0.1, 0.15) is 17.6 Å². The number of pyridine rings is 1. The Labute approximate surface area is 227 Å². The van der Waals surface area contributed by atoms with Crippen molar-refractivity contribution in [3.05, 3.63) is 134 Å². The van der Waals surface area contributed by atoms with Gasteiger partial charge in [0.15, 0.2) is 5.82 Å². The maximum Gasteiger partial charge on any atom is 0.253 e. The predicted octanol–water partition coefficient (Wildman–Crippen LogP) is 5.46. The zero-order valence-electron chi connectivity index (χ0n) is 21.1. The van der Waals surface area contributed by atoms with Gasteiger partial charge in [0.05, 0.1) is 19.4 Å². The van der Waals surface area contributed by atoms with Crippen LogP contribution in [0.25, 0.3) is 10.9 Å². The highest BCUT2D eigenvalue weighted by Crippen LogP contribution is 2.31. The van der Waals surface area contributed by atoms with Gasteiger partial charge in [0, 0.05) is 22.5 Å². The second-order valence-corrected chi connectivity index (χ2v) is 10.5. The quantitative estimate of drug-likeness (QED) is 0.262. The summed E-state index contributed by atoms with van der Waals surface area (Å²) in [6.45, 7) is 3.30. The fraction of sp³-hybridized carbons (Fsp3) is 0.172. The third kappa shape index (κ3) is 5.43. The van der Waals surface area contributed by atoms with Crippen molar-refractivity contribution in [2.45, 2.75) is 32.6 Å². The molecule has 0 saturated carbocycles. The number of nitrogens with one attached hydrogen (secondary N) is 1. The number of tetrazole rings is 1. The zero-order chi connectivity index (χ0) is 26.8. The molecule has 4 aromatic heterocycles. The van der Waals surface area contributed by atoms with Crippen LogP contribution in [0.2, 0.25) is 0 Å². The summed E-state index contributed by atoms with van der Waals surface area (Å²) in [6, 6.07) is 21.3. The first kappa shape index (κ1) is 24.9. The lowest BCUT2D eigenvalue weighted by atomic mass is 10.0. The normalized spacial score (nSPS) is 12.4. The Kier molecular flexibility index (Phi) is 6.87. The van der Waals surface area contributed by atoms with Gasteiger partial charge in [-0.1, -0.05) is 29.8 Å². The van der Waals surface area contributed by atoms with Gasteiger partial charge in [-0.15, -0.1) is 16.4 Å². The Morgan fingerprint density at radius 2 is 1.95 bits per heavy atom. The molecule has 4 heterocycles. The van der Waals surface area contributed by atoms with E-state index in [1.807, 2.05) is 54.8 Å². The molecule has 0 aliphatic heterocycles. The summed E-state index contributed by atoms with van der Waals surface area (Å²) in [7, 11) is 0. The average Bonchev–Trinajstić information content (AvgIpc) is 3.71. The molecular weight excluding hydrogens is 515 g/mol. The van der Waals surface area contributed by atoms with Crippen LogP contribution in [0, 0.1) is 12.7 Å². The summed E-state index contributed by atoms with van der Waals surface area (Å²) in [5.41, 5.74) is 2.98. The van der Waals surface area contributed by atoms with Crippen LogP contribution >= 0.6 is 11.3 Å². The number of H-pyrrole nitrogens is 1. The van der Waals surface area contributed by atoms with Gasteiger partial charge in [0.2, 0.25) is 0 Å². The number of nitrogens with zero attached hydrogens (tertiary/aromatic N) is 5. The first-order valence-corrected chi connectivity index (χ1v) is 13.3. The molecule has 2 aromatic carbocycles. The van der Waals surface area contributed by atoms with Gasteiger partial charge >= 0.3 is 0 Å². The van der Waals surface area contributed by atoms with Crippen molar-refractivity contribution in [2.75, 3.05) is 0 Å². The number of fused-ring (bicyclic) bond motifs is 1. The standard InChI is InChI=1S/C29H25FN6O2S/c1-19-6-11-26-21(14-19)15-25(29(37)31-26)27(28-32-33-34-36(28)16-20-7-9-22(30)10-8-20)35(17-23-4-2-12-38-23)18-24-5-3-13-39-24/h2-15,27H,16-18H2,1H3,(H,31,37). The van der Waals surface area contributed by atoms with Crippen molar-refractivity contribution in [2.24, 2.45) is 0 Å². The van der Waals surface area contributed by atoms with Gasteiger partial charge in [-0.25, -0.2) is 9.07 Å². The maximum atomic E-state index is 13.6. The molecule has 0 fully saturated rings. The van der Waals surface area contributed by atoms with Crippen LogP contribution in [0.1, 0.15) is 39.2 Å². The molecule has 0 spiro atoms. The van der Waals surface area contributed by atoms with E-state index in [-0.39, 0.29) is 11.4 Å². The van der Waals surface area contributed by atoms with Gasteiger partial charge in [-0.05, 0) is 82.2 Å². The number of rotatable bonds is 9. The summed E-state index contributed by atoms with van der Waals surface area (Å²) in [4.78, 5) is 20.0. The minimum absolute atomic E-state index is 0.219. The van der Waals surface area contributed by atoms with E-state index in [1.54, 1.807) is 34.4 Å². The number of halogens is 1. The van der Waals surface area contributed by atoms with E-state index in [0.717, 1.165) is 32.7 Å². The van der Waals surface area contributed by atoms with Crippen molar-refractivity contribution in [1.82, 2.24) is 30.1 Å². The van der Waals surface area contributed by atoms with Crippen LogP contribution in [0.5, 0.6) is 0 Å². The minimum Gasteiger partial charge on any atom is -0.468 e. The largest absolute Gasteiger partial charge is 0.468 e. The third-order valence-corrected chi connectivity index (χ3v) is 7.48. The van der Waals surface area contributed by atoms with E-state index >= 15 is 0 Å². The predicted molar refractivity (Wildman–Crippen MR) is 147 cm³/mol. The Bertz CT molecular complexity index is 1710. The van der Waals surface area contributed by atoms with Gasteiger partial charge in [-0.2, -0.15) is 0 Å². The lowest BCUT2D eigenvalue weighted by Gasteiger charge is -2.30. The Balaban J connectivity index is 1.51. The highest BCUT2D eigenvalue weighted by atomic mass is 32.1. The van der Waals surface area contributed by atoms with Crippen LogP contribution in [0.3, 0.4) is 0 Å². The van der Waals surface area contributed by atoms with Crippen molar-refractivity contribution in [3.63, 3.8) is 0 Å². The molecule has 0 bridgehead atoms. The molecular formula is C29H25FN6O2S. The number of furan rings is 1. The molecule has 10 heteroatoms. The second-order valence-electron chi connectivity index (χ2n) is 9.43. The van der Waals surface area contributed by atoms with E-state index in [0.29, 0.717) is 31.0 Å². The Morgan fingerprint density at radius 1 is 1.08 bits per heavy atom. The maximum absolute atomic E-state index is 13.6.